The minimum Gasteiger partial charge on any atom is -0.486 e. The summed E-state index contributed by atoms with van der Waals surface area (Å²) in [6.07, 6.45) is 0. The third kappa shape index (κ3) is 3.91. The summed E-state index contributed by atoms with van der Waals surface area (Å²) in [6, 6.07) is 15.2. The van der Waals surface area contributed by atoms with E-state index in [1.54, 1.807) is 18.2 Å². The molecule has 8 heteroatoms. The number of nitrogens with one attached hydrogen (secondary N) is 1. The van der Waals surface area contributed by atoms with Crippen LogP contribution in [0.3, 0.4) is 0 Å². The number of amides is 1. The molecule has 28 heavy (non-hydrogen) atoms. The quantitative estimate of drug-likeness (QED) is 0.649. The van der Waals surface area contributed by atoms with Crippen molar-refractivity contribution in [3.05, 3.63) is 59.5 Å². The smallest absolute Gasteiger partial charge is 0.387 e. The van der Waals surface area contributed by atoms with Gasteiger partial charge in [-0.1, -0.05) is 12.1 Å². The monoisotopic (exact) mass is 403 g/mol. The van der Waals surface area contributed by atoms with Crippen LogP contribution in [-0.4, -0.2) is 25.7 Å². The van der Waals surface area contributed by atoms with E-state index in [4.69, 9.17) is 9.47 Å². The van der Waals surface area contributed by atoms with Crippen molar-refractivity contribution in [3.8, 4) is 27.7 Å². The van der Waals surface area contributed by atoms with E-state index in [-0.39, 0.29) is 11.4 Å². The van der Waals surface area contributed by atoms with E-state index in [1.165, 1.54) is 23.5 Å². The van der Waals surface area contributed by atoms with Crippen LogP contribution in [0.25, 0.3) is 10.4 Å². The minimum atomic E-state index is -2.97. The molecule has 0 saturated heterocycles. The lowest BCUT2D eigenvalue weighted by Crippen LogP contribution is -2.15. The van der Waals surface area contributed by atoms with Gasteiger partial charge in [0.15, 0.2) is 11.5 Å². The second kappa shape index (κ2) is 7.85. The van der Waals surface area contributed by atoms with E-state index in [0.29, 0.717) is 29.6 Å². The molecule has 0 bridgehead atoms. The number of alkyl halides is 2. The van der Waals surface area contributed by atoms with E-state index in [2.05, 4.69) is 10.1 Å². The molecule has 2 aromatic carbocycles. The molecule has 0 radical (unpaired) electrons. The molecular weight excluding hydrogens is 388 g/mol. The van der Waals surface area contributed by atoms with Gasteiger partial charge >= 0.3 is 6.61 Å². The first-order valence-electron chi connectivity index (χ1n) is 8.45. The third-order valence-electron chi connectivity index (χ3n) is 4.01. The van der Waals surface area contributed by atoms with Crippen LogP contribution in [-0.2, 0) is 0 Å². The van der Waals surface area contributed by atoms with Crippen LogP contribution >= 0.6 is 11.3 Å². The van der Waals surface area contributed by atoms with Crippen molar-refractivity contribution in [2.75, 3.05) is 18.5 Å². The van der Waals surface area contributed by atoms with E-state index >= 15 is 0 Å². The zero-order chi connectivity index (χ0) is 19.5. The first kappa shape index (κ1) is 18.2. The van der Waals surface area contributed by atoms with Gasteiger partial charge in [0, 0.05) is 4.88 Å². The Bertz CT molecular complexity index is 1010. The zero-order valence-electron chi connectivity index (χ0n) is 14.5. The average Bonchev–Trinajstić information content (AvgIpc) is 3.19. The van der Waals surface area contributed by atoms with Crippen LogP contribution in [0.1, 0.15) is 9.67 Å². The molecule has 0 saturated carbocycles. The van der Waals surface area contributed by atoms with Gasteiger partial charge in [-0.25, -0.2) is 0 Å². The summed E-state index contributed by atoms with van der Waals surface area (Å²) in [4.78, 5) is 13.9. The second-order valence-corrected chi connectivity index (χ2v) is 6.93. The Hall–Kier alpha value is -3.13. The number of hydrogen-bond donors (Lipinski definition) is 1. The zero-order valence-corrected chi connectivity index (χ0v) is 15.3. The molecule has 0 aliphatic carbocycles. The van der Waals surface area contributed by atoms with Crippen LogP contribution in [0.15, 0.2) is 54.6 Å². The minimum absolute atomic E-state index is 0.0885. The fraction of sp³-hybridized carbons (Fsp3) is 0.150. The van der Waals surface area contributed by atoms with Gasteiger partial charge < -0.3 is 19.5 Å². The number of carbonyl (C=O) groups excluding carboxylic acids is 1. The summed E-state index contributed by atoms with van der Waals surface area (Å²) < 4.78 is 40.6. The molecular formula is C20H15F2NO4S. The van der Waals surface area contributed by atoms with Gasteiger partial charge in [0.1, 0.15) is 19.0 Å². The first-order valence-corrected chi connectivity index (χ1v) is 9.27. The molecule has 144 valence electrons. The maximum Gasteiger partial charge on any atom is 0.387 e. The Labute approximate surface area is 163 Å². The van der Waals surface area contributed by atoms with E-state index in [9.17, 15) is 13.6 Å². The summed E-state index contributed by atoms with van der Waals surface area (Å²) in [6.45, 7) is -1.96. The number of thiophene rings is 1. The number of benzene rings is 2. The molecule has 0 atom stereocenters. The summed E-state index contributed by atoms with van der Waals surface area (Å²) >= 11 is 1.29. The largest absolute Gasteiger partial charge is 0.486 e. The predicted octanol–water partition coefficient (Wildman–Crippen LogP) is 5.04. The Morgan fingerprint density at radius 2 is 1.82 bits per heavy atom. The maximum absolute atomic E-state index is 12.5. The lowest BCUT2D eigenvalue weighted by Gasteiger charge is -2.18. The van der Waals surface area contributed by atoms with Crippen molar-refractivity contribution in [1.82, 2.24) is 0 Å². The van der Waals surface area contributed by atoms with Crippen molar-refractivity contribution in [2.45, 2.75) is 6.61 Å². The molecule has 5 nitrogen and oxygen atoms in total. The van der Waals surface area contributed by atoms with Gasteiger partial charge in [-0.2, -0.15) is 8.78 Å². The van der Waals surface area contributed by atoms with Crippen LogP contribution in [0.5, 0.6) is 17.2 Å². The molecule has 0 fully saturated rings. The van der Waals surface area contributed by atoms with Crippen molar-refractivity contribution >= 4 is 22.9 Å². The molecule has 2 heterocycles. The lowest BCUT2D eigenvalue weighted by atomic mass is 10.1. The Morgan fingerprint density at radius 1 is 1.04 bits per heavy atom. The second-order valence-electron chi connectivity index (χ2n) is 5.85. The topological polar surface area (TPSA) is 56.8 Å². The Balaban J connectivity index is 1.53. The number of anilines is 1. The standard InChI is InChI=1S/C20H15F2NO4S/c21-20(22)27-14-4-2-1-3-13(14)23-19(24)18-8-7-17(28-18)12-5-6-15-16(11-12)26-10-9-25-15/h1-8,11,20H,9-10H2,(H,23,24). The number of rotatable bonds is 5. The molecule has 1 aromatic heterocycles. The highest BCUT2D eigenvalue weighted by molar-refractivity contribution is 7.17. The molecule has 0 unspecified atom stereocenters. The molecule has 1 N–H and O–H groups in total. The summed E-state index contributed by atoms with van der Waals surface area (Å²) in [7, 11) is 0. The van der Waals surface area contributed by atoms with Gasteiger partial charge in [0.25, 0.3) is 5.91 Å². The SMILES string of the molecule is O=C(Nc1ccccc1OC(F)F)c1ccc(-c2ccc3c(c2)OCCO3)s1. The highest BCUT2D eigenvalue weighted by Crippen LogP contribution is 2.37. The van der Waals surface area contributed by atoms with Gasteiger partial charge in [0.05, 0.1) is 10.6 Å². The van der Waals surface area contributed by atoms with Crippen molar-refractivity contribution in [2.24, 2.45) is 0 Å². The van der Waals surface area contributed by atoms with Crippen molar-refractivity contribution in [1.29, 1.82) is 0 Å². The number of halogens is 2. The van der Waals surface area contributed by atoms with Gasteiger partial charge in [-0.3, -0.25) is 4.79 Å². The molecule has 1 aliphatic rings. The summed E-state index contributed by atoms with van der Waals surface area (Å²) in [5, 5.41) is 2.62. The highest BCUT2D eigenvalue weighted by atomic mass is 32.1. The van der Waals surface area contributed by atoms with Crippen LogP contribution in [0, 0.1) is 0 Å². The number of ether oxygens (including phenoxy) is 3. The number of para-hydroxylation sites is 2. The van der Waals surface area contributed by atoms with Gasteiger partial charge in [-0.05, 0) is 48.0 Å². The molecule has 3 aromatic rings. The Morgan fingerprint density at radius 3 is 2.64 bits per heavy atom. The van der Waals surface area contributed by atoms with Gasteiger partial charge in [-0.15, -0.1) is 11.3 Å². The van der Waals surface area contributed by atoms with Crippen LogP contribution in [0.4, 0.5) is 14.5 Å². The highest BCUT2D eigenvalue weighted by Gasteiger charge is 2.17. The van der Waals surface area contributed by atoms with Crippen LogP contribution in [0.2, 0.25) is 0 Å². The average molecular weight is 403 g/mol. The summed E-state index contributed by atoms with van der Waals surface area (Å²) in [5.41, 5.74) is 1.08. The Kier molecular flexibility index (Phi) is 5.12. The first-order chi connectivity index (χ1) is 13.6. The maximum atomic E-state index is 12.5. The van der Waals surface area contributed by atoms with Gasteiger partial charge in [0.2, 0.25) is 0 Å². The van der Waals surface area contributed by atoms with E-state index in [0.717, 1.165) is 10.4 Å². The van der Waals surface area contributed by atoms with E-state index in [1.807, 2.05) is 24.3 Å². The number of hydrogen-bond acceptors (Lipinski definition) is 5. The lowest BCUT2D eigenvalue weighted by molar-refractivity contribution is -0.0493. The predicted molar refractivity (Wildman–Crippen MR) is 102 cm³/mol. The van der Waals surface area contributed by atoms with Crippen molar-refractivity contribution in [3.63, 3.8) is 0 Å². The third-order valence-corrected chi connectivity index (χ3v) is 5.14. The number of fused-ring (bicyclic) bond motifs is 1. The number of carbonyl (C=O) groups is 1. The molecule has 1 aliphatic heterocycles. The molecule has 4 rings (SSSR count). The summed E-state index contributed by atoms with van der Waals surface area (Å²) in [5.74, 6) is 0.870. The molecule has 0 spiro atoms. The normalized spacial score (nSPS) is 12.7. The fourth-order valence-corrected chi connectivity index (χ4v) is 3.66. The van der Waals surface area contributed by atoms with Crippen molar-refractivity contribution < 1.29 is 27.8 Å². The van der Waals surface area contributed by atoms with E-state index < -0.39 is 12.5 Å². The molecule has 1 amide bonds. The van der Waals surface area contributed by atoms with Crippen LogP contribution < -0.4 is 19.5 Å². The fourth-order valence-electron chi connectivity index (χ4n) is 2.76.